The average Bonchev–Trinajstić information content (AvgIpc) is 3.22. The number of carboxylic acids is 1. The van der Waals surface area contributed by atoms with E-state index in [1.54, 1.807) is 30.5 Å². The number of rotatable bonds is 6. The van der Waals surface area contributed by atoms with Crippen LogP contribution in [0.5, 0.6) is 0 Å². The lowest BCUT2D eigenvalue weighted by Gasteiger charge is -2.29. The van der Waals surface area contributed by atoms with Crippen LogP contribution >= 0.6 is 0 Å². The van der Waals surface area contributed by atoms with Crippen LogP contribution in [-0.2, 0) is 30.7 Å². The summed E-state index contributed by atoms with van der Waals surface area (Å²) >= 11 is 0. The number of aromatic carboxylic acids is 1. The molecule has 0 saturated carbocycles. The van der Waals surface area contributed by atoms with Gasteiger partial charge in [-0.15, -0.1) is 0 Å². The van der Waals surface area contributed by atoms with E-state index in [-0.39, 0.29) is 17.4 Å². The monoisotopic (exact) mass is 389 g/mol. The van der Waals surface area contributed by atoms with Crippen molar-refractivity contribution in [2.45, 2.75) is 32.4 Å². The van der Waals surface area contributed by atoms with Crippen LogP contribution in [0.15, 0.2) is 71.3 Å². The molecule has 0 aliphatic heterocycles. The number of furan rings is 1. The molecule has 0 spiro atoms. The summed E-state index contributed by atoms with van der Waals surface area (Å²) in [4.78, 5) is 26.4. The summed E-state index contributed by atoms with van der Waals surface area (Å²) in [5, 5.41) is 9.10. The number of hydrogen-bond donors (Lipinski definition) is 1. The van der Waals surface area contributed by atoms with Crippen molar-refractivity contribution in [1.82, 2.24) is 4.90 Å². The third kappa shape index (κ3) is 4.40. The van der Waals surface area contributed by atoms with Crippen molar-refractivity contribution in [2.75, 3.05) is 0 Å². The topological polar surface area (TPSA) is 70.8 Å². The van der Waals surface area contributed by atoms with Gasteiger partial charge in [0.1, 0.15) is 5.76 Å². The van der Waals surface area contributed by atoms with Crippen LogP contribution in [0.4, 0.5) is 0 Å². The lowest BCUT2D eigenvalue weighted by Crippen LogP contribution is -2.37. The number of nitrogens with zero attached hydrogens (tertiary/aromatic N) is 1. The first kappa shape index (κ1) is 19.0. The van der Waals surface area contributed by atoms with Gasteiger partial charge in [0, 0.05) is 25.4 Å². The highest BCUT2D eigenvalue weighted by molar-refractivity contribution is 5.87. The Morgan fingerprint density at radius 2 is 1.66 bits per heavy atom. The highest BCUT2D eigenvalue weighted by atomic mass is 16.4. The highest BCUT2D eigenvalue weighted by Crippen LogP contribution is 2.28. The summed E-state index contributed by atoms with van der Waals surface area (Å²) in [6.07, 6.45) is 4.00. The van der Waals surface area contributed by atoms with Crippen LogP contribution in [0.2, 0.25) is 0 Å². The summed E-state index contributed by atoms with van der Waals surface area (Å²) in [5.41, 5.74) is 3.42. The lowest BCUT2D eigenvalue weighted by molar-refractivity contribution is -0.137. The summed E-state index contributed by atoms with van der Waals surface area (Å²) in [6, 6.07) is 18.6. The van der Waals surface area contributed by atoms with Crippen LogP contribution in [-0.4, -0.2) is 21.9 Å². The summed E-state index contributed by atoms with van der Waals surface area (Å²) in [5.74, 6) is -0.0285. The maximum absolute atomic E-state index is 13.4. The van der Waals surface area contributed by atoms with E-state index in [1.165, 1.54) is 5.56 Å². The van der Waals surface area contributed by atoms with Crippen LogP contribution in [0.1, 0.15) is 39.2 Å². The van der Waals surface area contributed by atoms with Gasteiger partial charge in [-0.25, -0.2) is 4.79 Å². The van der Waals surface area contributed by atoms with E-state index in [0.29, 0.717) is 19.5 Å². The molecule has 0 saturated heterocycles. The Bertz CT molecular complexity index is 991. The maximum Gasteiger partial charge on any atom is 0.335 e. The van der Waals surface area contributed by atoms with Crippen molar-refractivity contribution in [1.29, 1.82) is 0 Å². The number of benzene rings is 2. The fourth-order valence-corrected chi connectivity index (χ4v) is 3.88. The Morgan fingerprint density at radius 1 is 0.966 bits per heavy atom. The smallest absolute Gasteiger partial charge is 0.335 e. The number of amides is 1. The molecule has 0 fully saturated rings. The minimum absolute atomic E-state index is 0.101. The third-order valence-corrected chi connectivity index (χ3v) is 5.48. The van der Waals surface area contributed by atoms with E-state index in [9.17, 15) is 9.59 Å². The molecular weight excluding hydrogens is 366 g/mol. The molecule has 1 atom stereocenters. The van der Waals surface area contributed by atoms with E-state index >= 15 is 0 Å². The lowest BCUT2D eigenvalue weighted by atomic mass is 9.87. The molecule has 1 aromatic heterocycles. The normalized spacial score (nSPS) is 15.5. The number of carboxylic acid groups (broad SMARTS) is 1. The molecule has 1 amide bonds. The van der Waals surface area contributed by atoms with E-state index in [1.807, 2.05) is 41.3 Å². The first-order chi connectivity index (χ1) is 14.1. The molecule has 0 unspecified atom stereocenters. The standard InChI is InChI=1S/C24H23NO4/c26-23(21-11-10-19-12-13-29-22(19)14-21)25(15-17-4-2-1-3-5-17)16-18-6-8-20(9-7-18)24(27)28/h1-9,12-13,21H,10-11,14-16H2,(H,27,28)/t21-/m1/s1. The number of fused-ring (bicyclic) bond motifs is 1. The zero-order chi connectivity index (χ0) is 20.2. The Morgan fingerprint density at radius 3 is 2.34 bits per heavy atom. The van der Waals surface area contributed by atoms with Crippen molar-refractivity contribution in [3.8, 4) is 0 Å². The van der Waals surface area contributed by atoms with Gasteiger partial charge in [0.25, 0.3) is 0 Å². The summed E-state index contributed by atoms with van der Waals surface area (Å²) in [7, 11) is 0. The molecular formula is C24H23NO4. The third-order valence-electron chi connectivity index (χ3n) is 5.48. The fraction of sp³-hybridized carbons (Fsp3) is 0.250. The van der Waals surface area contributed by atoms with E-state index in [2.05, 4.69) is 0 Å². The number of carbonyl (C=O) groups is 2. The molecule has 1 aliphatic carbocycles. The van der Waals surface area contributed by atoms with E-state index in [0.717, 1.165) is 29.7 Å². The Labute approximate surface area is 169 Å². The molecule has 2 aromatic carbocycles. The van der Waals surface area contributed by atoms with Crippen LogP contribution < -0.4 is 0 Å². The zero-order valence-electron chi connectivity index (χ0n) is 16.1. The maximum atomic E-state index is 13.4. The molecule has 1 heterocycles. The summed E-state index contributed by atoms with van der Waals surface area (Å²) < 4.78 is 5.56. The average molecular weight is 389 g/mol. The molecule has 0 radical (unpaired) electrons. The van der Waals surface area contributed by atoms with Crippen molar-refractivity contribution in [3.63, 3.8) is 0 Å². The van der Waals surface area contributed by atoms with Crippen LogP contribution in [0, 0.1) is 5.92 Å². The van der Waals surface area contributed by atoms with Crippen molar-refractivity contribution in [3.05, 3.63) is 94.9 Å². The molecule has 5 nitrogen and oxygen atoms in total. The number of aryl methyl sites for hydroxylation is 1. The second-order valence-corrected chi connectivity index (χ2v) is 7.49. The minimum atomic E-state index is -0.953. The molecule has 5 heteroatoms. The molecule has 148 valence electrons. The number of hydrogen-bond acceptors (Lipinski definition) is 3. The predicted octanol–water partition coefficient (Wildman–Crippen LogP) is 4.31. The van der Waals surface area contributed by atoms with Gasteiger partial charge in [-0.2, -0.15) is 0 Å². The fourth-order valence-electron chi connectivity index (χ4n) is 3.88. The number of carbonyl (C=O) groups excluding carboxylic acids is 1. The van der Waals surface area contributed by atoms with Crippen LogP contribution in [0.3, 0.4) is 0 Å². The second kappa shape index (κ2) is 8.35. The molecule has 1 aliphatic rings. The quantitative estimate of drug-likeness (QED) is 0.682. The first-order valence-electron chi connectivity index (χ1n) is 9.80. The van der Waals surface area contributed by atoms with Gasteiger partial charge < -0.3 is 14.4 Å². The first-order valence-corrected chi connectivity index (χ1v) is 9.80. The van der Waals surface area contributed by atoms with Crippen LogP contribution in [0.25, 0.3) is 0 Å². The van der Waals surface area contributed by atoms with E-state index in [4.69, 9.17) is 9.52 Å². The van der Waals surface area contributed by atoms with Gasteiger partial charge in [0.15, 0.2) is 0 Å². The van der Waals surface area contributed by atoms with Gasteiger partial charge in [0.2, 0.25) is 5.91 Å². The van der Waals surface area contributed by atoms with Crippen molar-refractivity contribution < 1.29 is 19.1 Å². The Kier molecular flexibility index (Phi) is 5.47. The summed E-state index contributed by atoms with van der Waals surface area (Å²) in [6.45, 7) is 0.955. The minimum Gasteiger partial charge on any atom is -0.478 e. The molecule has 0 bridgehead atoms. The van der Waals surface area contributed by atoms with Gasteiger partial charge in [-0.05, 0) is 47.7 Å². The van der Waals surface area contributed by atoms with Gasteiger partial charge in [-0.3, -0.25) is 4.79 Å². The van der Waals surface area contributed by atoms with Gasteiger partial charge in [0.05, 0.1) is 11.8 Å². The van der Waals surface area contributed by atoms with Crippen molar-refractivity contribution in [2.24, 2.45) is 5.92 Å². The molecule has 3 aromatic rings. The molecule has 4 rings (SSSR count). The highest BCUT2D eigenvalue weighted by Gasteiger charge is 2.30. The zero-order valence-corrected chi connectivity index (χ0v) is 16.1. The van der Waals surface area contributed by atoms with Gasteiger partial charge >= 0.3 is 5.97 Å². The second-order valence-electron chi connectivity index (χ2n) is 7.49. The Hall–Kier alpha value is -3.34. The molecule has 1 N–H and O–H groups in total. The SMILES string of the molecule is O=C(O)c1ccc(CN(Cc2ccccc2)C(=O)[C@@H]2CCc3ccoc3C2)cc1. The molecule has 29 heavy (non-hydrogen) atoms. The van der Waals surface area contributed by atoms with Gasteiger partial charge in [-0.1, -0.05) is 42.5 Å². The Balaban J connectivity index is 1.54. The largest absolute Gasteiger partial charge is 0.478 e. The van der Waals surface area contributed by atoms with Crippen molar-refractivity contribution >= 4 is 11.9 Å². The predicted molar refractivity (Wildman–Crippen MR) is 108 cm³/mol. The van der Waals surface area contributed by atoms with E-state index < -0.39 is 5.97 Å².